The van der Waals surface area contributed by atoms with Gasteiger partial charge in [-0.1, -0.05) is 18.2 Å². The minimum absolute atomic E-state index is 0.251. The molecule has 2 rings (SSSR count). The number of anilines is 1. The Kier molecular flexibility index (Phi) is 10.2. The third kappa shape index (κ3) is 5.74. The summed E-state index contributed by atoms with van der Waals surface area (Å²) in [6, 6.07) is 1.78. The molecule has 0 radical (unpaired) electrons. The fourth-order valence-electron chi connectivity index (χ4n) is 2.38. The van der Waals surface area contributed by atoms with Gasteiger partial charge in [0.2, 0.25) is 0 Å². The molecule has 2 aromatic rings. The highest BCUT2D eigenvalue weighted by Gasteiger charge is 2.20. The van der Waals surface area contributed by atoms with E-state index in [1.807, 2.05) is 32.1 Å². The number of ether oxygens (including phenoxy) is 1. The second-order valence-corrected chi connectivity index (χ2v) is 6.33. The number of hydrogen-bond acceptors (Lipinski definition) is 7. The van der Waals surface area contributed by atoms with Crippen LogP contribution in [0.5, 0.6) is 0 Å². The van der Waals surface area contributed by atoms with Gasteiger partial charge in [-0.2, -0.15) is 0 Å². The van der Waals surface area contributed by atoms with Crippen LogP contribution in [0.2, 0.25) is 0 Å². The molecule has 2 heterocycles. The molecule has 8 heteroatoms. The Labute approximate surface area is 169 Å². The van der Waals surface area contributed by atoms with Crippen LogP contribution in [0.15, 0.2) is 36.3 Å². The Bertz CT molecular complexity index is 870. The fourth-order valence-corrected chi connectivity index (χ4v) is 3.32. The predicted octanol–water partition coefficient (Wildman–Crippen LogP) is 3.92. The number of fused-ring (bicyclic) bond motifs is 1. The van der Waals surface area contributed by atoms with Gasteiger partial charge in [0, 0.05) is 25.8 Å². The molecule has 0 saturated carbocycles. The van der Waals surface area contributed by atoms with Crippen molar-refractivity contribution in [3.8, 4) is 12.8 Å². The van der Waals surface area contributed by atoms with Gasteiger partial charge < -0.3 is 10.1 Å². The molecule has 2 N–H and O–H groups in total. The van der Waals surface area contributed by atoms with Crippen LogP contribution >= 0.6 is 11.3 Å². The lowest BCUT2D eigenvalue weighted by Gasteiger charge is -2.18. The Hall–Kier alpha value is -3.02. The quantitative estimate of drug-likeness (QED) is 0.289. The van der Waals surface area contributed by atoms with Crippen LogP contribution in [0, 0.1) is 18.3 Å². The molecule has 0 fully saturated rings. The van der Waals surface area contributed by atoms with Crippen LogP contribution in [-0.2, 0) is 4.74 Å². The molecular formula is C20H25N5O2S. The van der Waals surface area contributed by atoms with Crippen molar-refractivity contribution >= 4 is 39.6 Å². The molecule has 0 aliphatic carbocycles. The Balaban J connectivity index is 0.00000190. The lowest BCUT2D eigenvalue weighted by molar-refractivity contribution is 0.0884. The number of thiophene rings is 1. The van der Waals surface area contributed by atoms with Crippen molar-refractivity contribution in [2.24, 2.45) is 0 Å². The third-order valence-electron chi connectivity index (χ3n) is 3.63. The number of nitrogens with zero attached hydrogens (tertiary/aromatic N) is 3. The summed E-state index contributed by atoms with van der Waals surface area (Å²) in [6.07, 6.45) is 16.7. The van der Waals surface area contributed by atoms with Crippen LogP contribution in [0.1, 0.15) is 29.9 Å². The van der Waals surface area contributed by atoms with Gasteiger partial charge >= 0.3 is 0 Å². The van der Waals surface area contributed by atoms with E-state index in [1.54, 1.807) is 13.2 Å². The zero-order valence-electron chi connectivity index (χ0n) is 16.3. The number of hydrogen-bond donors (Lipinski definition) is 2. The maximum absolute atomic E-state index is 12.9. The van der Waals surface area contributed by atoms with Crippen LogP contribution < -0.4 is 5.32 Å². The van der Waals surface area contributed by atoms with E-state index < -0.39 is 0 Å². The summed E-state index contributed by atoms with van der Waals surface area (Å²) in [7, 11) is 1.63. The van der Waals surface area contributed by atoms with Crippen molar-refractivity contribution in [2.45, 2.75) is 20.3 Å². The molecule has 0 atom stereocenters. The van der Waals surface area contributed by atoms with E-state index >= 15 is 0 Å². The second-order valence-electron chi connectivity index (χ2n) is 5.30. The normalized spacial score (nSPS) is 11.1. The first-order chi connectivity index (χ1) is 13.7. The van der Waals surface area contributed by atoms with Crippen molar-refractivity contribution in [1.82, 2.24) is 14.9 Å². The number of amides is 1. The fraction of sp³-hybridized carbons (Fsp3) is 0.300. The summed E-state index contributed by atoms with van der Waals surface area (Å²) < 4.78 is 4.98. The van der Waals surface area contributed by atoms with Gasteiger partial charge in [0.05, 0.1) is 23.2 Å². The summed E-state index contributed by atoms with van der Waals surface area (Å²) in [5.74, 6) is 0.460. The van der Waals surface area contributed by atoms with Gasteiger partial charge in [0.1, 0.15) is 17.0 Å². The Morgan fingerprint density at radius 3 is 2.75 bits per heavy atom. The number of terminal acetylenes is 1. The first-order valence-electron chi connectivity index (χ1n) is 8.61. The van der Waals surface area contributed by atoms with Crippen molar-refractivity contribution in [3.05, 3.63) is 41.2 Å². The molecule has 2 aromatic heterocycles. The van der Waals surface area contributed by atoms with Crippen molar-refractivity contribution in [3.63, 3.8) is 0 Å². The minimum Gasteiger partial charge on any atom is -0.381 e. The van der Waals surface area contributed by atoms with E-state index in [2.05, 4.69) is 28.1 Å². The molecule has 0 saturated heterocycles. The zero-order valence-corrected chi connectivity index (χ0v) is 17.1. The Morgan fingerprint density at radius 1 is 1.39 bits per heavy atom. The summed E-state index contributed by atoms with van der Waals surface area (Å²) in [5.41, 5.74) is 0.729. The lowest BCUT2D eigenvalue weighted by atomic mass is 10.2. The number of carbonyl (C=O) groups is 1. The summed E-state index contributed by atoms with van der Waals surface area (Å²) in [6.45, 7) is 5.08. The molecule has 0 unspecified atom stereocenters. The molecule has 0 bridgehead atoms. The first kappa shape index (κ1) is 23.0. The summed E-state index contributed by atoms with van der Waals surface area (Å²) >= 11 is 1.30. The van der Waals surface area contributed by atoms with Gasteiger partial charge in [0.25, 0.3) is 5.91 Å². The number of allylic oxidation sites excluding steroid dienone is 2. The average molecular weight is 400 g/mol. The highest BCUT2D eigenvalue weighted by atomic mass is 32.1. The van der Waals surface area contributed by atoms with Gasteiger partial charge in [-0.15, -0.1) is 24.2 Å². The van der Waals surface area contributed by atoms with Crippen LogP contribution in [0.3, 0.4) is 0 Å². The van der Waals surface area contributed by atoms with Gasteiger partial charge in [-0.25, -0.2) is 9.97 Å². The van der Waals surface area contributed by atoms with E-state index in [0.717, 1.165) is 28.8 Å². The van der Waals surface area contributed by atoms with Crippen LogP contribution in [0.4, 0.5) is 5.82 Å². The number of rotatable bonds is 9. The predicted molar refractivity (Wildman–Crippen MR) is 116 cm³/mol. The molecule has 0 spiro atoms. The van der Waals surface area contributed by atoms with E-state index in [0.29, 0.717) is 23.7 Å². The van der Waals surface area contributed by atoms with Crippen molar-refractivity contribution in [2.75, 3.05) is 25.6 Å². The van der Waals surface area contributed by atoms with Gasteiger partial charge in [-0.3, -0.25) is 15.1 Å². The topological polar surface area (TPSA) is 91.2 Å². The second kappa shape index (κ2) is 12.4. The van der Waals surface area contributed by atoms with E-state index in [1.165, 1.54) is 22.6 Å². The molecule has 0 aromatic carbocycles. The van der Waals surface area contributed by atoms with Crippen molar-refractivity contribution in [1.29, 1.82) is 5.41 Å². The largest absolute Gasteiger partial charge is 0.381 e. The maximum Gasteiger partial charge on any atom is 0.273 e. The molecular weight excluding hydrogens is 374 g/mol. The summed E-state index contributed by atoms with van der Waals surface area (Å²) in [5, 5.41) is 11.7. The van der Waals surface area contributed by atoms with E-state index in [-0.39, 0.29) is 5.91 Å². The first-order valence-corrected chi connectivity index (χ1v) is 9.42. The Morgan fingerprint density at radius 2 is 2.14 bits per heavy atom. The minimum atomic E-state index is -0.251. The number of aromatic nitrogens is 2. The SMILES string of the molecule is C#C.C/C=C(\C/C=C\COC)N(C=N)C(=O)c1cc2c(NCC)ncnc2s1. The number of methoxy groups -OCH3 is 1. The molecule has 0 aliphatic heterocycles. The summed E-state index contributed by atoms with van der Waals surface area (Å²) in [4.78, 5) is 24.0. The number of carbonyl (C=O) groups excluding carboxylic acids is 1. The number of nitrogens with one attached hydrogen (secondary N) is 2. The molecule has 28 heavy (non-hydrogen) atoms. The van der Waals surface area contributed by atoms with E-state index in [9.17, 15) is 4.79 Å². The standard InChI is InChI=1S/C18H23N5O2S.C2H2/c1-4-13(8-6-7-9-25-3)23(11-19)18(24)15-10-14-16(20-5-2)21-12-22-17(14)26-15;1-2/h4,6-7,10-12,19H,5,8-9H2,1-3H3,(H,20,21,22);1-2H/b7-6-,13-4+,19-11?;. The molecule has 1 amide bonds. The zero-order chi connectivity index (χ0) is 20.9. The van der Waals surface area contributed by atoms with Gasteiger partial charge in [0.15, 0.2) is 0 Å². The van der Waals surface area contributed by atoms with Crippen molar-refractivity contribution < 1.29 is 9.53 Å². The molecule has 7 nitrogen and oxygen atoms in total. The highest BCUT2D eigenvalue weighted by Crippen LogP contribution is 2.29. The van der Waals surface area contributed by atoms with Gasteiger partial charge in [-0.05, 0) is 19.9 Å². The molecule has 148 valence electrons. The van der Waals surface area contributed by atoms with Crippen LogP contribution in [-0.4, -0.2) is 47.4 Å². The monoisotopic (exact) mass is 399 g/mol. The average Bonchev–Trinajstić information content (AvgIpc) is 3.17. The highest BCUT2D eigenvalue weighted by molar-refractivity contribution is 7.20. The van der Waals surface area contributed by atoms with E-state index in [4.69, 9.17) is 10.1 Å². The third-order valence-corrected chi connectivity index (χ3v) is 4.66. The van der Waals surface area contributed by atoms with Crippen LogP contribution in [0.25, 0.3) is 10.2 Å². The smallest absolute Gasteiger partial charge is 0.273 e. The lowest BCUT2D eigenvalue weighted by Crippen LogP contribution is -2.27. The molecule has 0 aliphatic rings. The maximum atomic E-state index is 12.9.